The molecule has 0 bridgehead atoms. The predicted molar refractivity (Wildman–Crippen MR) is 47.7 cm³/mol. The Balaban J connectivity index is 2.82. The lowest BCUT2D eigenvalue weighted by Crippen LogP contribution is -1.90. The Morgan fingerprint density at radius 2 is 2.38 bits per heavy atom. The van der Waals surface area contributed by atoms with Crippen molar-refractivity contribution < 1.29 is 4.79 Å². The molecule has 0 radical (unpaired) electrons. The molecule has 4 heteroatoms. The van der Waals surface area contributed by atoms with Crippen molar-refractivity contribution in [3.63, 3.8) is 0 Å². The summed E-state index contributed by atoms with van der Waals surface area (Å²) < 4.78 is 1.73. The molecular weight excluding hydrogens is 166 g/mol. The largest absolute Gasteiger partial charge is 0.240 e. The summed E-state index contributed by atoms with van der Waals surface area (Å²) in [5.41, 5.74) is 2.38. The molecule has 0 atom stereocenters. The van der Waals surface area contributed by atoms with Crippen LogP contribution in [0.1, 0.15) is 5.69 Å². The zero-order valence-electron chi connectivity index (χ0n) is 7.06. The van der Waals surface area contributed by atoms with E-state index in [1.54, 1.807) is 10.7 Å². The number of aryl methyl sites for hydroxylation is 1. The van der Waals surface area contributed by atoms with Gasteiger partial charge in [0.1, 0.15) is 5.69 Å². The van der Waals surface area contributed by atoms with Gasteiger partial charge >= 0.3 is 0 Å². The lowest BCUT2D eigenvalue weighted by molar-refractivity contribution is 0.565. The van der Waals surface area contributed by atoms with Gasteiger partial charge in [-0.2, -0.15) is 10.1 Å². The second-order valence-corrected chi connectivity index (χ2v) is 2.70. The maximum absolute atomic E-state index is 10.1. The molecule has 0 N–H and O–H groups in total. The molecule has 0 unspecified atom stereocenters. The van der Waals surface area contributed by atoms with Crippen LogP contribution in [0.2, 0.25) is 0 Å². The fraction of sp³-hybridized carbons (Fsp3) is 0.111. The van der Waals surface area contributed by atoms with Gasteiger partial charge in [0.25, 0.3) is 0 Å². The van der Waals surface area contributed by atoms with Crippen LogP contribution in [0.5, 0.6) is 0 Å². The molecule has 0 aliphatic rings. The number of hydrogen-bond acceptors (Lipinski definition) is 3. The van der Waals surface area contributed by atoms with Crippen molar-refractivity contribution in [2.24, 2.45) is 4.99 Å². The third-order valence-corrected chi connectivity index (χ3v) is 1.88. The monoisotopic (exact) mass is 173 g/mol. The summed E-state index contributed by atoms with van der Waals surface area (Å²) >= 11 is 0. The van der Waals surface area contributed by atoms with Crippen molar-refractivity contribution in [1.29, 1.82) is 0 Å². The van der Waals surface area contributed by atoms with Gasteiger partial charge in [0.05, 0.1) is 11.7 Å². The third-order valence-electron chi connectivity index (χ3n) is 1.88. The zero-order valence-corrected chi connectivity index (χ0v) is 7.06. The molecule has 0 saturated carbocycles. The Hall–Kier alpha value is -1.93. The van der Waals surface area contributed by atoms with Gasteiger partial charge < -0.3 is 0 Å². The first-order valence-corrected chi connectivity index (χ1v) is 3.84. The molecule has 0 spiro atoms. The van der Waals surface area contributed by atoms with Gasteiger partial charge in [-0.3, -0.25) is 0 Å². The summed E-state index contributed by atoms with van der Waals surface area (Å²) in [7, 11) is 0. The summed E-state index contributed by atoms with van der Waals surface area (Å²) in [5.74, 6) is 0. The van der Waals surface area contributed by atoms with Crippen LogP contribution in [0.15, 0.2) is 29.4 Å². The van der Waals surface area contributed by atoms with Crippen LogP contribution in [-0.4, -0.2) is 15.7 Å². The normalized spacial score (nSPS) is 9.92. The van der Waals surface area contributed by atoms with Crippen LogP contribution >= 0.6 is 0 Å². The highest BCUT2D eigenvalue weighted by Gasteiger charge is 2.02. The zero-order chi connectivity index (χ0) is 9.26. The van der Waals surface area contributed by atoms with Crippen LogP contribution in [0.3, 0.4) is 0 Å². The number of carbonyl (C=O) groups excluding carboxylic acids is 1. The van der Waals surface area contributed by atoms with Gasteiger partial charge in [0.2, 0.25) is 6.08 Å². The van der Waals surface area contributed by atoms with Crippen LogP contribution < -0.4 is 0 Å². The minimum atomic E-state index is 0.554. The van der Waals surface area contributed by atoms with Crippen molar-refractivity contribution in [3.8, 4) is 0 Å². The van der Waals surface area contributed by atoms with Crippen molar-refractivity contribution in [2.75, 3.05) is 0 Å². The highest BCUT2D eigenvalue weighted by atomic mass is 16.1. The molecule has 0 aromatic carbocycles. The SMILES string of the molecule is Cc1cccc2c(N=C=O)cnn12. The van der Waals surface area contributed by atoms with Crippen molar-refractivity contribution in [1.82, 2.24) is 9.61 Å². The lowest BCUT2D eigenvalue weighted by Gasteiger charge is -1.96. The number of rotatable bonds is 1. The maximum atomic E-state index is 10.1. The highest BCUT2D eigenvalue weighted by molar-refractivity contribution is 5.70. The first-order chi connectivity index (χ1) is 6.33. The van der Waals surface area contributed by atoms with E-state index < -0.39 is 0 Å². The van der Waals surface area contributed by atoms with Gasteiger partial charge in [-0.15, -0.1) is 0 Å². The van der Waals surface area contributed by atoms with Crippen LogP contribution in [0.25, 0.3) is 5.52 Å². The summed E-state index contributed by atoms with van der Waals surface area (Å²) in [6.45, 7) is 1.94. The Bertz CT molecular complexity index is 495. The number of fused-ring (bicyclic) bond motifs is 1. The topological polar surface area (TPSA) is 46.7 Å². The molecule has 2 heterocycles. The first kappa shape index (κ1) is 7.71. The van der Waals surface area contributed by atoms with E-state index in [-0.39, 0.29) is 0 Å². The van der Waals surface area contributed by atoms with Crippen LogP contribution in [0, 0.1) is 6.92 Å². The highest BCUT2D eigenvalue weighted by Crippen LogP contribution is 2.19. The van der Waals surface area contributed by atoms with Gasteiger partial charge in [-0.05, 0) is 19.1 Å². The molecule has 0 saturated heterocycles. The summed E-state index contributed by atoms with van der Waals surface area (Å²) in [6, 6.07) is 5.70. The molecule has 2 aromatic rings. The predicted octanol–water partition coefficient (Wildman–Crippen LogP) is 1.61. The number of isocyanates is 1. The standard InChI is InChI=1S/C9H7N3O/c1-7-3-2-4-9-8(10-6-13)5-11-12(7)9/h2-5H,1H3. The lowest BCUT2D eigenvalue weighted by atomic mass is 10.3. The van der Waals surface area contributed by atoms with E-state index in [1.165, 1.54) is 6.08 Å². The first-order valence-electron chi connectivity index (χ1n) is 3.84. The summed E-state index contributed by atoms with van der Waals surface area (Å²) in [5, 5.41) is 4.08. The average molecular weight is 173 g/mol. The number of aliphatic imine (C=N–C) groups is 1. The van der Waals surface area contributed by atoms with Crippen molar-refractivity contribution >= 4 is 17.3 Å². The van der Waals surface area contributed by atoms with E-state index in [0.717, 1.165) is 11.2 Å². The maximum Gasteiger partial charge on any atom is 0.240 e. The van der Waals surface area contributed by atoms with Gasteiger partial charge in [-0.1, -0.05) is 6.07 Å². The number of pyridine rings is 1. The van der Waals surface area contributed by atoms with Gasteiger partial charge in [0, 0.05) is 5.69 Å². The van der Waals surface area contributed by atoms with E-state index in [0.29, 0.717) is 5.69 Å². The van der Waals surface area contributed by atoms with E-state index in [2.05, 4.69) is 10.1 Å². The smallest absolute Gasteiger partial charge is 0.236 e. The second kappa shape index (κ2) is 2.84. The Labute approximate surface area is 74.5 Å². The molecule has 2 aromatic heterocycles. The van der Waals surface area contributed by atoms with Gasteiger partial charge in [0.15, 0.2) is 0 Å². The van der Waals surface area contributed by atoms with Gasteiger partial charge in [-0.25, -0.2) is 9.31 Å². The van der Waals surface area contributed by atoms with Crippen molar-refractivity contribution in [2.45, 2.75) is 6.92 Å². The van der Waals surface area contributed by atoms with E-state index in [1.807, 2.05) is 25.1 Å². The Morgan fingerprint density at radius 1 is 1.54 bits per heavy atom. The molecule has 4 nitrogen and oxygen atoms in total. The Kier molecular flexibility index (Phi) is 1.69. The van der Waals surface area contributed by atoms with E-state index in [4.69, 9.17) is 0 Å². The average Bonchev–Trinajstić information content (AvgIpc) is 2.51. The molecule has 0 fully saturated rings. The molecule has 64 valence electrons. The molecule has 0 amide bonds. The summed E-state index contributed by atoms with van der Waals surface area (Å²) in [6.07, 6.45) is 3.05. The fourth-order valence-corrected chi connectivity index (χ4v) is 1.27. The quantitative estimate of drug-likeness (QED) is 0.485. The molecule has 0 aliphatic carbocycles. The minimum absolute atomic E-state index is 0.554. The third kappa shape index (κ3) is 1.13. The van der Waals surface area contributed by atoms with Crippen molar-refractivity contribution in [3.05, 3.63) is 30.1 Å². The molecule has 0 aliphatic heterocycles. The fourth-order valence-electron chi connectivity index (χ4n) is 1.27. The van der Waals surface area contributed by atoms with E-state index >= 15 is 0 Å². The second-order valence-electron chi connectivity index (χ2n) is 2.70. The Morgan fingerprint density at radius 3 is 3.15 bits per heavy atom. The van der Waals surface area contributed by atoms with Crippen LogP contribution in [-0.2, 0) is 4.79 Å². The summed E-state index contributed by atoms with van der Waals surface area (Å²) in [4.78, 5) is 13.6. The molecule has 2 rings (SSSR count). The minimum Gasteiger partial charge on any atom is -0.236 e. The van der Waals surface area contributed by atoms with Crippen LogP contribution in [0.4, 0.5) is 5.69 Å². The van der Waals surface area contributed by atoms with E-state index in [9.17, 15) is 4.79 Å². The number of aromatic nitrogens is 2. The number of hydrogen-bond donors (Lipinski definition) is 0. The molecule has 13 heavy (non-hydrogen) atoms. The number of nitrogens with zero attached hydrogens (tertiary/aromatic N) is 3. The molecular formula is C9H7N3O.